The number of carbonyl (C=O) groups excluding carboxylic acids is 1. The molecule has 0 radical (unpaired) electrons. The molecule has 0 aliphatic carbocycles. The summed E-state index contributed by atoms with van der Waals surface area (Å²) in [5.74, 6) is 1.01. The quantitative estimate of drug-likeness (QED) is 0.660. The zero-order valence-corrected chi connectivity index (χ0v) is 16.4. The zero-order valence-electron chi connectivity index (χ0n) is 16.4. The standard InChI is InChI=1S/C20H27N5O2/c1-15-17(14-21-22-19(26)27-20(2,3)4)18(24-12-8-9-13-24)25(23-15)16-10-6-5-7-11-16/h5-7,10-11,14H,8-9,12-13H2,1-4H3,(H,22,26). The first kappa shape index (κ1) is 18.9. The van der Waals surface area contributed by atoms with Crippen LogP contribution in [-0.2, 0) is 4.74 Å². The smallest absolute Gasteiger partial charge is 0.428 e. The highest BCUT2D eigenvalue weighted by atomic mass is 16.6. The number of rotatable bonds is 4. The molecule has 0 spiro atoms. The Balaban J connectivity index is 1.89. The van der Waals surface area contributed by atoms with Crippen molar-refractivity contribution in [1.29, 1.82) is 0 Å². The van der Waals surface area contributed by atoms with Crippen LogP contribution in [0.1, 0.15) is 44.9 Å². The molecule has 27 heavy (non-hydrogen) atoms. The number of nitrogens with one attached hydrogen (secondary N) is 1. The average Bonchev–Trinajstić information content (AvgIpc) is 3.22. The van der Waals surface area contributed by atoms with E-state index in [4.69, 9.17) is 9.84 Å². The number of benzene rings is 1. The Hall–Kier alpha value is -2.83. The van der Waals surface area contributed by atoms with Gasteiger partial charge in [-0.2, -0.15) is 10.2 Å². The molecule has 2 aromatic rings. The van der Waals surface area contributed by atoms with E-state index in [9.17, 15) is 4.79 Å². The van der Waals surface area contributed by atoms with E-state index < -0.39 is 11.7 Å². The Morgan fingerprint density at radius 2 is 1.89 bits per heavy atom. The third-order valence-corrected chi connectivity index (χ3v) is 4.24. The molecule has 1 aromatic heterocycles. The molecule has 3 rings (SSSR count). The molecule has 1 N–H and O–H groups in total. The number of hydrogen-bond acceptors (Lipinski definition) is 5. The van der Waals surface area contributed by atoms with Crippen LogP contribution in [0.5, 0.6) is 0 Å². The second-order valence-electron chi connectivity index (χ2n) is 7.64. The normalized spacial score (nSPS) is 14.7. The molecule has 1 aliphatic heterocycles. The highest BCUT2D eigenvalue weighted by Crippen LogP contribution is 2.28. The van der Waals surface area contributed by atoms with Crippen LogP contribution in [0, 0.1) is 6.92 Å². The van der Waals surface area contributed by atoms with Gasteiger partial charge in [0.1, 0.15) is 11.4 Å². The summed E-state index contributed by atoms with van der Waals surface area (Å²) in [6, 6.07) is 10.1. The van der Waals surface area contributed by atoms with Crippen LogP contribution in [0.4, 0.5) is 10.6 Å². The van der Waals surface area contributed by atoms with E-state index in [-0.39, 0.29) is 0 Å². The Labute approximate surface area is 160 Å². The molecule has 1 amide bonds. The van der Waals surface area contributed by atoms with E-state index in [1.165, 1.54) is 0 Å². The van der Waals surface area contributed by atoms with Gasteiger partial charge in [0.15, 0.2) is 0 Å². The van der Waals surface area contributed by atoms with Gasteiger partial charge < -0.3 is 9.64 Å². The fourth-order valence-corrected chi connectivity index (χ4v) is 3.11. The van der Waals surface area contributed by atoms with Crippen molar-refractivity contribution in [2.45, 2.75) is 46.1 Å². The topological polar surface area (TPSA) is 71.8 Å². The Morgan fingerprint density at radius 3 is 2.52 bits per heavy atom. The van der Waals surface area contributed by atoms with Crippen molar-refractivity contribution in [1.82, 2.24) is 15.2 Å². The van der Waals surface area contributed by atoms with Crippen LogP contribution in [0.3, 0.4) is 0 Å². The van der Waals surface area contributed by atoms with Crippen molar-refractivity contribution in [3.8, 4) is 5.69 Å². The lowest BCUT2D eigenvalue weighted by Crippen LogP contribution is -2.29. The first-order chi connectivity index (χ1) is 12.8. The largest absolute Gasteiger partial charge is 0.443 e. The van der Waals surface area contributed by atoms with Crippen LogP contribution in [0.25, 0.3) is 5.69 Å². The molecular formula is C20H27N5O2. The van der Waals surface area contributed by atoms with Gasteiger partial charge in [-0.3, -0.25) is 0 Å². The molecule has 7 nitrogen and oxygen atoms in total. The minimum atomic E-state index is -0.574. The summed E-state index contributed by atoms with van der Waals surface area (Å²) >= 11 is 0. The predicted molar refractivity (Wildman–Crippen MR) is 107 cm³/mol. The number of aromatic nitrogens is 2. The maximum atomic E-state index is 11.8. The second kappa shape index (κ2) is 7.82. The molecular weight excluding hydrogens is 342 g/mol. The van der Waals surface area contributed by atoms with Crippen molar-refractivity contribution in [2.24, 2.45) is 5.10 Å². The average molecular weight is 369 g/mol. The fourth-order valence-electron chi connectivity index (χ4n) is 3.11. The Kier molecular flexibility index (Phi) is 5.48. The van der Waals surface area contributed by atoms with Gasteiger partial charge in [0.05, 0.1) is 23.2 Å². The molecule has 2 heterocycles. The molecule has 0 unspecified atom stereocenters. The number of hydrogen-bond donors (Lipinski definition) is 1. The van der Waals surface area contributed by atoms with E-state index in [0.717, 1.165) is 48.7 Å². The summed E-state index contributed by atoms with van der Waals surface area (Å²) < 4.78 is 7.17. The number of nitrogens with zero attached hydrogens (tertiary/aromatic N) is 4. The van der Waals surface area contributed by atoms with E-state index in [2.05, 4.69) is 15.4 Å². The maximum Gasteiger partial charge on any atom is 0.428 e. The molecule has 0 atom stereocenters. The number of amides is 1. The van der Waals surface area contributed by atoms with Crippen molar-refractivity contribution in [2.75, 3.05) is 18.0 Å². The lowest BCUT2D eigenvalue weighted by molar-refractivity contribution is 0.0529. The van der Waals surface area contributed by atoms with Crippen LogP contribution < -0.4 is 10.3 Å². The number of para-hydroxylation sites is 1. The molecule has 1 fully saturated rings. The van der Waals surface area contributed by atoms with Gasteiger partial charge in [-0.05, 0) is 52.7 Å². The third-order valence-electron chi connectivity index (χ3n) is 4.24. The van der Waals surface area contributed by atoms with Gasteiger partial charge in [-0.15, -0.1) is 0 Å². The zero-order chi connectivity index (χ0) is 19.4. The van der Waals surface area contributed by atoms with Gasteiger partial charge in [-0.25, -0.2) is 14.9 Å². The summed E-state index contributed by atoms with van der Waals surface area (Å²) in [7, 11) is 0. The SMILES string of the molecule is Cc1nn(-c2ccccc2)c(N2CCCC2)c1C=NNC(=O)OC(C)(C)C. The molecule has 7 heteroatoms. The number of ether oxygens (including phenoxy) is 1. The van der Waals surface area contributed by atoms with Gasteiger partial charge in [0, 0.05) is 13.1 Å². The van der Waals surface area contributed by atoms with E-state index >= 15 is 0 Å². The van der Waals surface area contributed by atoms with Gasteiger partial charge in [-0.1, -0.05) is 18.2 Å². The number of aryl methyl sites for hydroxylation is 1. The highest BCUT2D eigenvalue weighted by Gasteiger charge is 2.23. The van der Waals surface area contributed by atoms with E-state index in [1.54, 1.807) is 6.21 Å². The van der Waals surface area contributed by atoms with Crippen molar-refractivity contribution in [3.05, 3.63) is 41.6 Å². The first-order valence-corrected chi connectivity index (χ1v) is 9.27. The molecule has 1 aromatic carbocycles. The van der Waals surface area contributed by atoms with Crippen molar-refractivity contribution >= 4 is 18.1 Å². The molecule has 0 bridgehead atoms. The number of carbonyl (C=O) groups is 1. The summed E-state index contributed by atoms with van der Waals surface area (Å²) in [5, 5.41) is 8.82. The summed E-state index contributed by atoms with van der Waals surface area (Å²) in [4.78, 5) is 14.1. The number of anilines is 1. The third kappa shape index (κ3) is 4.67. The van der Waals surface area contributed by atoms with E-state index in [1.807, 2.05) is 62.7 Å². The van der Waals surface area contributed by atoms with Crippen LogP contribution in [0.2, 0.25) is 0 Å². The summed E-state index contributed by atoms with van der Waals surface area (Å²) in [6.45, 7) is 9.37. The second-order valence-corrected chi connectivity index (χ2v) is 7.64. The Morgan fingerprint density at radius 1 is 1.22 bits per heavy atom. The first-order valence-electron chi connectivity index (χ1n) is 9.27. The van der Waals surface area contributed by atoms with Crippen molar-refractivity contribution in [3.63, 3.8) is 0 Å². The molecule has 0 saturated carbocycles. The van der Waals surface area contributed by atoms with E-state index in [0.29, 0.717) is 0 Å². The fraction of sp³-hybridized carbons (Fsp3) is 0.450. The van der Waals surface area contributed by atoms with Gasteiger partial charge in [0.25, 0.3) is 0 Å². The van der Waals surface area contributed by atoms with Crippen LogP contribution >= 0.6 is 0 Å². The van der Waals surface area contributed by atoms with Gasteiger partial charge in [0.2, 0.25) is 0 Å². The summed E-state index contributed by atoms with van der Waals surface area (Å²) in [6.07, 6.45) is 3.39. The molecule has 144 valence electrons. The lowest BCUT2D eigenvalue weighted by atomic mass is 10.2. The lowest BCUT2D eigenvalue weighted by Gasteiger charge is -2.20. The molecule has 1 saturated heterocycles. The highest BCUT2D eigenvalue weighted by molar-refractivity contribution is 5.89. The van der Waals surface area contributed by atoms with Crippen LogP contribution in [0.15, 0.2) is 35.4 Å². The Bertz CT molecular complexity index is 815. The molecule has 1 aliphatic rings. The predicted octanol–water partition coefficient (Wildman–Crippen LogP) is 3.64. The van der Waals surface area contributed by atoms with Crippen molar-refractivity contribution < 1.29 is 9.53 Å². The minimum absolute atomic E-state index is 0.561. The summed E-state index contributed by atoms with van der Waals surface area (Å²) in [5.41, 5.74) is 4.63. The maximum absolute atomic E-state index is 11.8. The number of hydrazone groups is 1. The van der Waals surface area contributed by atoms with Gasteiger partial charge >= 0.3 is 6.09 Å². The monoisotopic (exact) mass is 369 g/mol. The van der Waals surface area contributed by atoms with Crippen LogP contribution in [-0.4, -0.2) is 40.8 Å². The minimum Gasteiger partial charge on any atom is -0.443 e.